The lowest BCUT2D eigenvalue weighted by Crippen LogP contribution is -2.43. The highest BCUT2D eigenvalue weighted by Crippen LogP contribution is 2.63. The van der Waals surface area contributed by atoms with Crippen LogP contribution >= 0.6 is 0 Å². The Labute approximate surface area is 104 Å². The van der Waals surface area contributed by atoms with Gasteiger partial charge in [-0.25, -0.2) is 0 Å². The predicted octanol–water partition coefficient (Wildman–Crippen LogP) is 3.15. The van der Waals surface area contributed by atoms with Crippen molar-refractivity contribution < 1.29 is 9.47 Å². The maximum absolute atomic E-state index is 5.96. The standard InChI is InChI=1S/C15H24O2/c1-13(2)5-4-6-15(9-16-15)10-7-12-14(3,17-12)8-11(10)13/h10-12H,4-9H2,1-3H3/t10-,11-,12+,14-,15-/m1/s1. The molecule has 5 atom stereocenters. The second-order valence-electron chi connectivity index (χ2n) is 7.77. The summed E-state index contributed by atoms with van der Waals surface area (Å²) in [7, 11) is 0. The zero-order valence-corrected chi connectivity index (χ0v) is 11.3. The first-order chi connectivity index (χ1) is 7.95. The summed E-state index contributed by atoms with van der Waals surface area (Å²) in [6.45, 7) is 8.28. The molecule has 4 aliphatic rings. The molecule has 0 aromatic heterocycles. The van der Waals surface area contributed by atoms with Crippen molar-refractivity contribution in [2.24, 2.45) is 17.3 Å². The smallest absolute Gasteiger partial charge is 0.0948 e. The molecule has 0 N–H and O–H groups in total. The Morgan fingerprint density at radius 3 is 2.53 bits per heavy atom. The average Bonchev–Trinajstić information content (AvgIpc) is 3.10. The van der Waals surface area contributed by atoms with E-state index in [1.807, 2.05) is 0 Å². The van der Waals surface area contributed by atoms with Gasteiger partial charge in [-0.15, -0.1) is 0 Å². The van der Waals surface area contributed by atoms with E-state index in [1.165, 1.54) is 32.1 Å². The summed E-state index contributed by atoms with van der Waals surface area (Å²) in [4.78, 5) is 0. The molecule has 0 aromatic carbocycles. The zero-order valence-electron chi connectivity index (χ0n) is 11.3. The highest BCUT2D eigenvalue weighted by Gasteiger charge is 2.67. The van der Waals surface area contributed by atoms with Gasteiger partial charge in [0.2, 0.25) is 0 Å². The molecule has 2 aliphatic carbocycles. The SMILES string of the molecule is CC1(C)CCC[C@@]2(CO2)[C@@H]2C[C@@H]3O[C@]3(C)C[C@H]21. The van der Waals surface area contributed by atoms with E-state index in [0.717, 1.165) is 18.4 Å². The summed E-state index contributed by atoms with van der Waals surface area (Å²) in [5.74, 6) is 1.57. The van der Waals surface area contributed by atoms with Gasteiger partial charge in [-0.2, -0.15) is 0 Å². The van der Waals surface area contributed by atoms with E-state index in [1.54, 1.807) is 0 Å². The Hall–Kier alpha value is -0.0800. The van der Waals surface area contributed by atoms with Gasteiger partial charge in [0.05, 0.1) is 23.9 Å². The van der Waals surface area contributed by atoms with Crippen LogP contribution in [-0.4, -0.2) is 23.9 Å². The Morgan fingerprint density at radius 1 is 1.06 bits per heavy atom. The topological polar surface area (TPSA) is 25.1 Å². The Bertz CT molecular complexity index is 358. The molecular weight excluding hydrogens is 212 g/mol. The number of hydrogen-bond acceptors (Lipinski definition) is 2. The fraction of sp³-hybridized carbons (Fsp3) is 1.00. The molecule has 0 radical (unpaired) electrons. The van der Waals surface area contributed by atoms with Gasteiger partial charge < -0.3 is 9.47 Å². The van der Waals surface area contributed by atoms with Gasteiger partial charge >= 0.3 is 0 Å². The molecule has 4 rings (SSSR count). The van der Waals surface area contributed by atoms with Gasteiger partial charge in [0.15, 0.2) is 0 Å². The van der Waals surface area contributed by atoms with Gasteiger partial charge in [-0.1, -0.05) is 13.8 Å². The van der Waals surface area contributed by atoms with Gasteiger partial charge in [0, 0.05) is 0 Å². The molecule has 2 saturated carbocycles. The van der Waals surface area contributed by atoms with Crippen LogP contribution in [-0.2, 0) is 9.47 Å². The summed E-state index contributed by atoms with van der Waals surface area (Å²) in [5.41, 5.74) is 0.963. The van der Waals surface area contributed by atoms with Crippen molar-refractivity contribution in [3.8, 4) is 0 Å². The van der Waals surface area contributed by atoms with Crippen LogP contribution in [0.5, 0.6) is 0 Å². The summed E-state index contributed by atoms with van der Waals surface area (Å²) in [6, 6.07) is 0. The number of ether oxygens (including phenoxy) is 2. The summed E-state index contributed by atoms with van der Waals surface area (Å²) < 4.78 is 11.9. The number of hydrogen-bond donors (Lipinski definition) is 0. The van der Waals surface area contributed by atoms with E-state index in [9.17, 15) is 0 Å². The zero-order chi connectivity index (χ0) is 11.9. The maximum atomic E-state index is 5.96. The number of fused-ring (bicyclic) bond motifs is 3. The van der Waals surface area contributed by atoms with Crippen LogP contribution in [0.1, 0.15) is 52.9 Å². The van der Waals surface area contributed by atoms with Gasteiger partial charge in [-0.05, 0) is 56.3 Å². The third-order valence-corrected chi connectivity index (χ3v) is 6.23. The molecule has 4 fully saturated rings. The van der Waals surface area contributed by atoms with Crippen LogP contribution in [0.4, 0.5) is 0 Å². The predicted molar refractivity (Wildman–Crippen MR) is 65.8 cm³/mol. The van der Waals surface area contributed by atoms with E-state index < -0.39 is 0 Å². The first-order valence-electron chi connectivity index (χ1n) is 7.27. The van der Waals surface area contributed by atoms with Gasteiger partial charge in [0.1, 0.15) is 0 Å². The number of epoxide rings is 2. The lowest BCUT2D eigenvalue weighted by molar-refractivity contribution is 0.0499. The number of rotatable bonds is 0. The average molecular weight is 236 g/mol. The lowest BCUT2D eigenvalue weighted by atomic mass is 9.60. The van der Waals surface area contributed by atoms with Crippen LogP contribution in [0.2, 0.25) is 0 Å². The molecular formula is C15H24O2. The van der Waals surface area contributed by atoms with Crippen molar-refractivity contribution in [3.63, 3.8) is 0 Å². The van der Waals surface area contributed by atoms with Gasteiger partial charge in [0.25, 0.3) is 0 Å². The van der Waals surface area contributed by atoms with E-state index in [2.05, 4.69) is 20.8 Å². The Balaban J connectivity index is 1.70. The van der Waals surface area contributed by atoms with Crippen molar-refractivity contribution >= 4 is 0 Å². The molecule has 0 amide bonds. The third kappa shape index (κ3) is 1.40. The van der Waals surface area contributed by atoms with E-state index in [-0.39, 0.29) is 11.2 Å². The molecule has 96 valence electrons. The van der Waals surface area contributed by atoms with Crippen LogP contribution < -0.4 is 0 Å². The van der Waals surface area contributed by atoms with Crippen molar-refractivity contribution in [2.45, 2.75) is 70.2 Å². The Morgan fingerprint density at radius 2 is 1.82 bits per heavy atom. The van der Waals surface area contributed by atoms with E-state index in [4.69, 9.17) is 9.47 Å². The maximum Gasteiger partial charge on any atom is 0.0948 e. The molecule has 1 spiro atoms. The quantitative estimate of drug-likeness (QED) is 0.604. The molecule has 2 heterocycles. The molecule has 2 aliphatic heterocycles. The van der Waals surface area contributed by atoms with Crippen LogP contribution in [0.3, 0.4) is 0 Å². The minimum Gasteiger partial charge on any atom is -0.369 e. The largest absolute Gasteiger partial charge is 0.369 e. The molecule has 0 unspecified atom stereocenters. The van der Waals surface area contributed by atoms with Crippen molar-refractivity contribution in [3.05, 3.63) is 0 Å². The highest BCUT2D eigenvalue weighted by molar-refractivity contribution is 5.15. The lowest BCUT2D eigenvalue weighted by Gasteiger charge is -2.42. The second kappa shape index (κ2) is 2.91. The molecule has 2 heteroatoms. The van der Waals surface area contributed by atoms with Gasteiger partial charge in [-0.3, -0.25) is 0 Å². The summed E-state index contributed by atoms with van der Waals surface area (Å²) >= 11 is 0. The normalized spacial score (nSPS) is 59.1. The van der Waals surface area contributed by atoms with Crippen molar-refractivity contribution in [2.75, 3.05) is 6.61 Å². The van der Waals surface area contributed by atoms with Crippen molar-refractivity contribution in [1.82, 2.24) is 0 Å². The highest BCUT2D eigenvalue weighted by atomic mass is 16.6. The molecule has 2 saturated heterocycles. The second-order valence-corrected chi connectivity index (χ2v) is 7.77. The molecule has 17 heavy (non-hydrogen) atoms. The fourth-order valence-electron chi connectivity index (χ4n) is 4.81. The van der Waals surface area contributed by atoms with Crippen LogP contribution in [0, 0.1) is 17.3 Å². The third-order valence-electron chi connectivity index (χ3n) is 6.23. The summed E-state index contributed by atoms with van der Waals surface area (Å²) in [5, 5.41) is 0. The fourth-order valence-corrected chi connectivity index (χ4v) is 4.81. The molecule has 0 aromatic rings. The van der Waals surface area contributed by atoms with E-state index >= 15 is 0 Å². The summed E-state index contributed by atoms with van der Waals surface area (Å²) in [6.07, 6.45) is 7.06. The monoisotopic (exact) mass is 236 g/mol. The first kappa shape index (κ1) is 10.8. The van der Waals surface area contributed by atoms with Crippen molar-refractivity contribution in [1.29, 1.82) is 0 Å². The first-order valence-corrected chi connectivity index (χ1v) is 7.27. The van der Waals surface area contributed by atoms with Crippen LogP contribution in [0.15, 0.2) is 0 Å². The molecule has 2 nitrogen and oxygen atoms in total. The molecule has 0 bridgehead atoms. The minimum atomic E-state index is 0.221. The minimum absolute atomic E-state index is 0.221. The Kier molecular flexibility index (Phi) is 1.85. The van der Waals surface area contributed by atoms with E-state index in [0.29, 0.717) is 11.5 Å². The van der Waals surface area contributed by atoms with Crippen LogP contribution in [0.25, 0.3) is 0 Å².